The lowest BCUT2D eigenvalue weighted by Gasteiger charge is -2.19. The summed E-state index contributed by atoms with van der Waals surface area (Å²) in [5.41, 5.74) is 2.69. The molecule has 0 aromatic heterocycles. The molecule has 0 fully saturated rings. The fourth-order valence-corrected chi connectivity index (χ4v) is 2.63. The molecule has 114 valence electrons. The Balaban J connectivity index is 2.43. The maximum atomic E-state index is 3.47. The molecular formula is C18H32N2. The second kappa shape index (κ2) is 9.82. The van der Waals surface area contributed by atoms with E-state index in [1.165, 1.54) is 56.2 Å². The van der Waals surface area contributed by atoms with Crippen molar-refractivity contribution in [1.29, 1.82) is 0 Å². The fraction of sp³-hybridized carbons (Fsp3) is 0.667. The SMILES string of the molecule is CCCCCCCCC(NC)c1cccc(N(C)C)c1. The predicted octanol–water partition coefficient (Wildman–Crippen LogP) is 4.76. The molecule has 0 saturated carbocycles. The van der Waals surface area contributed by atoms with Crippen LogP contribution in [-0.2, 0) is 0 Å². The van der Waals surface area contributed by atoms with E-state index in [0.29, 0.717) is 6.04 Å². The molecule has 0 aliphatic carbocycles. The molecule has 0 spiro atoms. The van der Waals surface area contributed by atoms with E-state index in [-0.39, 0.29) is 0 Å². The van der Waals surface area contributed by atoms with Crippen LogP contribution in [0.1, 0.15) is 63.5 Å². The van der Waals surface area contributed by atoms with Crippen LogP contribution in [0.5, 0.6) is 0 Å². The Labute approximate surface area is 125 Å². The summed E-state index contributed by atoms with van der Waals surface area (Å²) in [4.78, 5) is 2.17. The average Bonchev–Trinajstić information content (AvgIpc) is 2.46. The van der Waals surface area contributed by atoms with Crippen molar-refractivity contribution in [1.82, 2.24) is 5.32 Å². The van der Waals surface area contributed by atoms with Crippen LogP contribution in [0.4, 0.5) is 5.69 Å². The number of unbranched alkanes of at least 4 members (excludes halogenated alkanes) is 5. The van der Waals surface area contributed by atoms with Gasteiger partial charge in [-0.2, -0.15) is 0 Å². The quantitative estimate of drug-likeness (QED) is 0.620. The van der Waals surface area contributed by atoms with Gasteiger partial charge in [0, 0.05) is 25.8 Å². The first-order valence-electron chi connectivity index (χ1n) is 8.13. The first kappa shape index (κ1) is 17.0. The van der Waals surface area contributed by atoms with Crippen molar-refractivity contribution in [2.45, 2.75) is 57.9 Å². The van der Waals surface area contributed by atoms with E-state index in [9.17, 15) is 0 Å². The van der Waals surface area contributed by atoms with Crippen molar-refractivity contribution in [3.8, 4) is 0 Å². The second-order valence-electron chi connectivity index (χ2n) is 5.89. The number of nitrogens with one attached hydrogen (secondary N) is 1. The van der Waals surface area contributed by atoms with Gasteiger partial charge in [-0.25, -0.2) is 0 Å². The van der Waals surface area contributed by atoms with E-state index in [1.807, 2.05) is 0 Å². The zero-order valence-electron chi connectivity index (χ0n) is 13.8. The Morgan fingerprint density at radius 1 is 1.05 bits per heavy atom. The molecule has 1 atom stereocenters. The van der Waals surface area contributed by atoms with Crippen molar-refractivity contribution in [3.05, 3.63) is 29.8 Å². The normalized spacial score (nSPS) is 12.4. The number of rotatable bonds is 10. The molecule has 0 radical (unpaired) electrons. The van der Waals surface area contributed by atoms with E-state index in [2.05, 4.69) is 62.5 Å². The fourth-order valence-electron chi connectivity index (χ4n) is 2.63. The van der Waals surface area contributed by atoms with Crippen molar-refractivity contribution in [2.24, 2.45) is 0 Å². The molecule has 1 aromatic carbocycles. The minimum absolute atomic E-state index is 0.487. The molecule has 0 bridgehead atoms. The summed E-state index contributed by atoms with van der Waals surface area (Å²) < 4.78 is 0. The summed E-state index contributed by atoms with van der Waals surface area (Å²) in [5.74, 6) is 0. The number of benzene rings is 1. The zero-order chi connectivity index (χ0) is 14.8. The molecule has 2 heteroatoms. The largest absolute Gasteiger partial charge is 0.378 e. The molecule has 1 N–H and O–H groups in total. The van der Waals surface area contributed by atoms with Gasteiger partial charge in [-0.05, 0) is 31.2 Å². The molecule has 2 nitrogen and oxygen atoms in total. The van der Waals surface area contributed by atoms with Crippen LogP contribution in [0.3, 0.4) is 0 Å². The predicted molar refractivity (Wildman–Crippen MR) is 90.6 cm³/mol. The second-order valence-corrected chi connectivity index (χ2v) is 5.89. The van der Waals surface area contributed by atoms with Gasteiger partial charge in [0.05, 0.1) is 0 Å². The van der Waals surface area contributed by atoms with Crippen LogP contribution < -0.4 is 10.2 Å². The standard InChI is InChI=1S/C18H32N2/c1-5-6-7-8-9-10-14-18(19-2)16-12-11-13-17(15-16)20(3)4/h11-13,15,18-19H,5-10,14H2,1-4H3. The van der Waals surface area contributed by atoms with Crippen molar-refractivity contribution < 1.29 is 0 Å². The molecule has 1 unspecified atom stereocenters. The zero-order valence-corrected chi connectivity index (χ0v) is 13.8. The van der Waals surface area contributed by atoms with Crippen LogP contribution in [-0.4, -0.2) is 21.1 Å². The highest BCUT2D eigenvalue weighted by molar-refractivity contribution is 5.47. The van der Waals surface area contributed by atoms with Gasteiger partial charge in [-0.15, -0.1) is 0 Å². The number of hydrogen-bond donors (Lipinski definition) is 1. The minimum Gasteiger partial charge on any atom is -0.378 e. The monoisotopic (exact) mass is 276 g/mol. The highest BCUT2D eigenvalue weighted by Gasteiger charge is 2.09. The molecule has 20 heavy (non-hydrogen) atoms. The van der Waals surface area contributed by atoms with Gasteiger partial charge in [0.2, 0.25) is 0 Å². The number of anilines is 1. The van der Waals surface area contributed by atoms with Gasteiger partial charge in [0.15, 0.2) is 0 Å². The maximum Gasteiger partial charge on any atom is 0.0364 e. The van der Waals surface area contributed by atoms with Crippen LogP contribution in [0.25, 0.3) is 0 Å². The molecule has 1 aromatic rings. The van der Waals surface area contributed by atoms with Crippen LogP contribution >= 0.6 is 0 Å². The van der Waals surface area contributed by atoms with Gasteiger partial charge < -0.3 is 10.2 Å². The molecule has 0 saturated heterocycles. The molecule has 0 amide bonds. The first-order valence-corrected chi connectivity index (χ1v) is 8.13. The molecule has 0 aliphatic heterocycles. The summed E-state index contributed by atoms with van der Waals surface area (Å²) in [6, 6.07) is 9.36. The lowest BCUT2D eigenvalue weighted by molar-refractivity contribution is 0.498. The van der Waals surface area contributed by atoms with E-state index in [4.69, 9.17) is 0 Å². The Hall–Kier alpha value is -1.02. The molecular weight excluding hydrogens is 244 g/mol. The van der Waals surface area contributed by atoms with E-state index >= 15 is 0 Å². The Kier molecular flexibility index (Phi) is 8.36. The van der Waals surface area contributed by atoms with Crippen molar-refractivity contribution in [3.63, 3.8) is 0 Å². The molecule has 0 aliphatic rings. The van der Waals surface area contributed by atoms with Crippen molar-refractivity contribution in [2.75, 3.05) is 26.0 Å². The number of hydrogen-bond acceptors (Lipinski definition) is 2. The lowest BCUT2D eigenvalue weighted by atomic mass is 9.99. The summed E-state index contributed by atoms with van der Waals surface area (Å²) >= 11 is 0. The third kappa shape index (κ3) is 5.96. The van der Waals surface area contributed by atoms with Gasteiger partial charge in [-0.3, -0.25) is 0 Å². The molecule has 1 rings (SSSR count). The van der Waals surface area contributed by atoms with Gasteiger partial charge in [0.1, 0.15) is 0 Å². The highest BCUT2D eigenvalue weighted by Crippen LogP contribution is 2.23. The lowest BCUT2D eigenvalue weighted by Crippen LogP contribution is -2.17. The minimum atomic E-state index is 0.487. The van der Waals surface area contributed by atoms with Crippen LogP contribution in [0.15, 0.2) is 24.3 Å². The summed E-state index contributed by atoms with van der Waals surface area (Å²) in [5, 5.41) is 3.47. The summed E-state index contributed by atoms with van der Waals surface area (Å²) in [6.07, 6.45) is 9.43. The summed E-state index contributed by atoms with van der Waals surface area (Å²) in [6.45, 7) is 2.27. The van der Waals surface area contributed by atoms with Crippen LogP contribution in [0, 0.1) is 0 Å². The summed E-state index contributed by atoms with van der Waals surface area (Å²) in [7, 11) is 6.27. The van der Waals surface area contributed by atoms with E-state index in [1.54, 1.807) is 0 Å². The van der Waals surface area contributed by atoms with Gasteiger partial charge >= 0.3 is 0 Å². The average molecular weight is 276 g/mol. The maximum absolute atomic E-state index is 3.47. The third-order valence-electron chi connectivity index (χ3n) is 3.98. The van der Waals surface area contributed by atoms with Gasteiger partial charge in [-0.1, -0.05) is 57.6 Å². The number of nitrogens with zero attached hydrogens (tertiary/aromatic N) is 1. The van der Waals surface area contributed by atoms with E-state index < -0.39 is 0 Å². The smallest absolute Gasteiger partial charge is 0.0364 e. The molecule has 0 heterocycles. The topological polar surface area (TPSA) is 15.3 Å². The Morgan fingerprint density at radius 3 is 2.40 bits per heavy atom. The highest BCUT2D eigenvalue weighted by atomic mass is 15.1. The van der Waals surface area contributed by atoms with Crippen LogP contribution in [0.2, 0.25) is 0 Å². The Morgan fingerprint density at radius 2 is 1.75 bits per heavy atom. The third-order valence-corrected chi connectivity index (χ3v) is 3.98. The van der Waals surface area contributed by atoms with Crippen molar-refractivity contribution >= 4 is 5.69 Å². The van der Waals surface area contributed by atoms with Gasteiger partial charge in [0.25, 0.3) is 0 Å². The first-order chi connectivity index (χ1) is 9.69. The van der Waals surface area contributed by atoms with E-state index in [0.717, 1.165) is 0 Å². The Bertz CT molecular complexity index is 360.